The third kappa shape index (κ3) is 16.4. The zero-order chi connectivity index (χ0) is 52.4. The third-order valence-electron chi connectivity index (χ3n) is 13.6. The molecule has 12 nitrogen and oxygen atoms in total. The van der Waals surface area contributed by atoms with Crippen LogP contribution in [0.5, 0.6) is 0 Å². The quantitative estimate of drug-likeness (QED) is 0.0775. The molecule has 2 fully saturated rings. The predicted molar refractivity (Wildman–Crippen MR) is 300 cm³/mol. The van der Waals surface area contributed by atoms with Gasteiger partial charge in [0.2, 0.25) is 0 Å². The van der Waals surface area contributed by atoms with Gasteiger partial charge in [-0.15, -0.1) is 11.6 Å². The summed E-state index contributed by atoms with van der Waals surface area (Å²) in [6.07, 6.45) is 12.6. The van der Waals surface area contributed by atoms with E-state index in [1.54, 1.807) is 31.0 Å². The minimum atomic E-state index is 0.0887. The van der Waals surface area contributed by atoms with Gasteiger partial charge in [0, 0.05) is 150 Å². The van der Waals surface area contributed by atoms with Crippen LogP contribution >= 0.6 is 11.6 Å². The first-order chi connectivity index (χ1) is 36.5. The van der Waals surface area contributed by atoms with E-state index in [4.69, 9.17) is 21.6 Å². The van der Waals surface area contributed by atoms with E-state index in [1.807, 2.05) is 91.1 Å². The molecule has 1 N–H and O–H groups in total. The number of carbonyl (C=O) groups is 2. The fraction of sp³-hybridized carbons (Fsp3) is 0.290. The Balaban J connectivity index is 0.000000178. The Hall–Kier alpha value is -7.19. The number of alkyl halides is 1. The molecule has 0 radical (unpaired) electrons. The van der Waals surface area contributed by atoms with E-state index in [1.165, 1.54) is 24.2 Å². The van der Waals surface area contributed by atoms with Crippen LogP contribution in [0.2, 0.25) is 0 Å². The standard InChI is InChI=1S/C31H33N5O.C26H22ClN3O.C5H12N2/c1-23-5-6-25(18-28(23)20-31-33-13-11-29(34-31)27-4-3-12-32-21-27)19-30(37)26-9-7-24(8-10-26)22-36-16-14-35(2)15-17-36;1-18-4-5-20(14-25(31)21-8-6-19(16-27)7-9-21)13-23(18)15-26-29-12-10-24(30-26)22-3-2-11-28-17-22;1-7-4-2-6-3-5-7/h3-13,18,21H,14-17,19-20,22H2,1-2H3;2-13,17H,14-16H2,1H3;6H,2-5H2,1H3. The number of carbonyl (C=O) groups excluding carboxylic acids is 2. The van der Waals surface area contributed by atoms with Crippen LogP contribution in [0.15, 0.2) is 159 Å². The summed E-state index contributed by atoms with van der Waals surface area (Å²) >= 11 is 5.83. The lowest BCUT2D eigenvalue weighted by atomic mass is 9.97. The van der Waals surface area contributed by atoms with Gasteiger partial charge < -0.3 is 15.1 Å². The first kappa shape index (κ1) is 54.1. The molecule has 0 aliphatic carbocycles. The highest BCUT2D eigenvalue weighted by Gasteiger charge is 2.16. The SMILES string of the molecule is CN1CCNCC1.Cc1ccc(CC(=O)c2ccc(CCl)cc2)cc1Cc1nccc(-c2cccnc2)n1.Cc1ccc(CC(=O)c2ccc(CN3CCN(C)CC3)cc2)cc1Cc1nccc(-c2cccnc2)n1. The number of benzene rings is 4. The number of aryl methyl sites for hydroxylation is 2. The first-order valence-corrected chi connectivity index (χ1v) is 26.3. The summed E-state index contributed by atoms with van der Waals surface area (Å²) < 4.78 is 0. The number of hydrogen-bond acceptors (Lipinski definition) is 12. The molecule has 75 heavy (non-hydrogen) atoms. The summed E-state index contributed by atoms with van der Waals surface area (Å²) in [5, 5.41) is 3.27. The van der Waals surface area contributed by atoms with Crippen molar-refractivity contribution in [2.24, 2.45) is 0 Å². The summed E-state index contributed by atoms with van der Waals surface area (Å²) in [4.78, 5) is 59.7. The topological polar surface area (TPSA) is 133 Å². The second-order valence-corrected chi connectivity index (χ2v) is 19.7. The summed E-state index contributed by atoms with van der Waals surface area (Å²) in [5.74, 6) is 2.16. The second kappa shape index (κ2) is 27.4. The van der Waals surface area contributed by atoms with Crippen molar-refractivity contribution in [3.63, 3.8) is 0 Å². The number of nitrogens with zero attached hydrogens (tertiary/aromatic N) is 9. The maximum absolute atomic E-state index is 13.1. The summed E-state index contributed by atoms with van der Waals surface area (Å²) in [5.41, 5.74) is 13.9. The largest absolute Gasteiger partial charge is 0.314 e. The Bertz CT molecular complexity index is 3090. The highest BCUT2D eigenvalue weighted by molar-refractivity contribution is 6.17. The monoisotopic (exact) mass is 1020 g/mol. The molecule has 4 aromatic heterocycles. The minimum absolute atomic E-state index is 0.0887. The lowest BCUT2D eigenvalue weighted by Gasteiger charge is -2.32. The van der Waals surface area contributed by atoms with Crippen molar-refractivity contribution < 1.29 is 9.59 Å². The third-order valence-corrected chi connectivity index (χ3v) is 13.9. The van der Waals surface area contributed by atoms with E-state index in [0.29, 0.717) is 37.1 Å². The maximum atomic E-state index is 13.1. The molecule has 384 valence electrons. The molecule has 2 aliphatic rings. The van der Waals surface area contributed by atoms with Crippen LogP contribution in [0.4, 0.5) is 0 Å². The van der Waals surface area contributed by atoms with Gasteiger partial charge in [0.25, 0.3) is 0 Å². The fourth-order valence-electron chi connectivity index (χ4n) is 8.90. The molecule has 13 heteroatoms. The number of ketones is 2. The Morgan fingerprint density at radius 2 is 0.987 bits per heavy atom. The van der Waals surface area contributed by atoms with Gasteiger partial charge in [-0.3, -0.25) is 24.5 Å². The van der Waals surface area contributed by atoms with Crippen molar-refractivity contribution >= 4 is 23.2 Å². The average molecular weight is 1020 g/mol. The van der Waals surface area contributed by atoms with Crippen molar-refractivity contribution in [1.29, 1.82) is 0 Å². The number of Topliss-reactive ketones (excluding diaryl/α,β-unsaturated/α-hetero) is 2. The molecule has 0 unspecified atom stereocenters. The van der Waals surface area contributed by atoms with Gasteiger partial charge >= 0.3 is 0 Å². The molecule has 0 atom stereocenters. The van der Waals surface area contributed by atoms with E-state index in [0.717, 1.165) is 119 Å². The van der Waals surface area contributed by atoms with Gasteiger partial charge in [-0.05, 0) is 109 Å². The van der Waals surface area contributed by atoms with Crippen molar-refractivity contribution in [1.82, 2.24) is 49.9 Å². The maximum Gasteiger partial charge on any atom is 0.167 e. The lowest BCUT2D eigenvalue weighted by molar-refractivity contribution is 0.0984. The number of nitrogens with one attached hydrogen (secondary N) is 1. The summed E-state index contributed by atoms with van der Waals surface area (Å²) in [7, 11) is 4.32. The summed E-state index contributed by atoms with van der Waals surface area (Å²) in [6, 6.07) is 39.6. The number of halogens is 1. The molecule has 10 rings (SSSR count). The molecule has 2 aliphatic heterocycles. The number of hydrogen-bond donors (Lipinski definition) is 1. The highest BCUT2D eigenvalue weighted by Crippen LogP contribution is 2.22. The molecular formula is C62H67ClN10O2. The lowest BCUT2D eigenvalue weighted by Crippen LogP contribution is -2.43. The minimum Gasteiger partial charge on any atom is -0.314 e. The molecular weight excluding hydrogens is 952 g/mol. The van der Waals surface area contributed by atoms with Crippen LogP contribution < -0.4 is 5.32 Å². The Morgan fingerprint density at radius 3 is 1.41 bits per heavy atom. The van der Waals surface area contributed by atoms with Crippen LogP contribution in [0, 0.1) is 13.8 Å². The Labute approximate surface area is 447 Å². The van der Waals surface area contributed by atoms with Gasteiger partial charge in [-0.2, -0.15) is 0 Å². The molecule has 0 amide bonds. The van der Waals surface area contributed by atoms with Crippen LogP contribution in [0.3, 0.4) is 0 Å². The number of aromatic nitrogens is 6. The second-order valence-electron chi connectivity index (χ2n) is 19.4. The smallest absolute Gasteiger partial charge is 0.167 e. The van der Waals surface area contributed by atoms with Crippen LogP contribution in [0.1, 0.15) is 76.9 Å². The molecule has 2 saturated heterocycles. The highest BCUT2D eigenvalue weighted by atomic mass is 35.5. The van der Waals surface area contributed by atoms with E-state index < -0.39 is 0 Å². The molecule has 0 spiro atoms. The summed E-state index contributed by atoms with van der Waals surface area (Å²) in [6.45, 7) is 14.2. The van der Waals surface area contributed by atoms with Gasteiger partial charge in [-0.1, -0.05) is 84.9 Å². The molecule has 0 saturated carbocycles. The number of rotatable bonds is 15. The molecule has 6 heterocycles. The van der Waals surface area contributed by atoms with Crippen LogP contribution in [-0.2, 0) is 38.1 Å². The molecule has 8 aromatic rings. The molecule has 4 aromatic carbocycles. The van der Waals surface area contributed by atoms with E-state index in [2.05, 4.69) is 104 Å². The van der Waals surface area contributed by atoms with Gasteiger partial charge in [0.05, 0.1) is 11.4 Å². The van der Waals surface area contributed by atoms with Crippen molar-refractivity contribution in [2.45, 2.75) is 52.0 Å². The normalized spacial score (nSPS) is 14.0. The van der Waals surface area contributed by atoms with Gasteiger partial charge in [0.15, 0.2) is 11.6 Å². The molecule has 0 bridgehead atoms. The van der Waals surface area contributed by atoms with Crippen molar-refractivity contribution in [3.8, 4) is 22.5 Å². The van der Waals surface area contributed by atoms with Crippen LogP contribution in [0.25, 0.3) is 22.5 Å². The average Bonchev–Trinajstić information content (AvgIpc) is 3.45. The fourth-order valence-corrected chi connectivity index (χ4v) is 9.08. The van der Waals surface area contributed by atoms with E-state index >= 15 is 0 Å². The predicted octanol–water partition coefficient (Wildman–Crippen LogP) is 9.73. The van der Waals surface area contributed by atoms with Crippen LogP contribution in [-0.4, -0.2) is 123 Å². The number of pyridine rings is 2. The zero-order valence-corrected chi connectivity index (χ0v) is 44.4. The van der Waals surface area contributed by atoms with Crippen molar-refractivity contribution in [2.75, 3.05) is 66.5 Å². The first-order valence-electron chi connectivity index (χ1n) is 25.8. The van der Waals surface area contributed by atoms with Crippen molar-refractivity contribution in [3.05, 3.63) is 226 Å². The number of piperazine rings is 2. The zero-order valence-electron chi connectivity index (χ0n) is 43.6. The number of likely N-dealkylation sites (N-methyl/N-ethyl adjacent to an activating group) is 2. The van der Waals surface area contributed by atoms with Gasteiger partial charge in [0.1, 0.15) is 11.6 Å². The van der Waals surface area contributed by atoms with Gasteiger partial charge in [-0.25, -0.2) is 19.9 Å². The Kier molecular flexibility index (Phi) is 19.7. The Morgan fingerprint density at radius 1 is 0.533 bits per heavy atom. The van der Waals surface area contributed by atoms with E-state index in [9.17, 15) is 9.59 Å². The van der Waals surface area contributed by atoms with E-state index in [-0.39, 0.29) is 11.6 Å².